The average Bonchev–Trinajstić information content (AvgIpc) is 3.15. The molecule has 0 unspecified atom stereocenters. The van der Waals surface area contributed by atoms with Crippen LogP contribution < -0.4 is 15.1 Å². The highest BCUT2D eigenvalue weighted by molar-refractivity contribution is 7.19. The van der Waals surface area contributed by atoms with Gasteiger partial charge in [-0.25, -0.2) is 19.9 Å². The average molecular weight is 455 g/mol. The van der Waals surface area contributed by atoms with Crippen LogP contribution in [0.15, 0.2) is 12.4 Å². The minimum atomic E-state index is 0.674. The van der Waals surface area contributed by atoms with Crippen molar-refractivity contribution in [2.24, 2.45) is 0 Å². The van der Waals surface area contributed by atoms with E-state index in [0.29, 0.717) is 11.8 Å². The number of aryl methyl sites for hydroxylation is 1. The van der Waals surface area contributed by atoms with Crippen LogP contribution in [0.2, 0.25) is 0 Å². The minimum absolute atomic E-state index is 0.674. The van der Waals surface area contributed by atoms with Crippen molar-refractivity contribution in [3.05, 3.63) is 22.8 Å². The fourth-order valence-corrected chi connectivity index (χ4v) is 5.43. The molecule has 0 amide bonds. The fourth-order valence-electron chi connectivity index (χ4n) is 4.13. The van der Waals surface area contributed by atoms with Crippen molar-refractivity contribution in [3.63, 3.8) is 0 Å². The maximum atomic E-state index is 5.59. The molecule has 0 aromatic carbocycles. The lowest BCUT2D eigenvalue weighted by atomic mass is 10.2. The number of ether oxygens (including phenoxy) is 1. The number of fused-ring (bicyclic) bond motifs is 1. The molecule has 2 aliphatic heterocycles. The fraction of sp³-hybridized carbons (Fsp3) is 0.545. The molecule has 10 heteroatoms. The van der Waals surface area contributed by atoms with Crippen molar-refractivity contribution in [3.8, 4) is 11.4 Å². The Labute approximate surface area is 192 Å². The van der Waals surface area contributed by atoms with Crippen LogP contribution >= 0.6 is 11.3 Å². The molecule has 5 rings (SSSR count). The Morgan fingerprint density at radius 3 is 2.47 bits per heavy atom. The molecular weight excluding hydrogens is 424 g/mol. The molecule has 0 atom stereocenters. The van der Waals surface area contributed by atoms with E-state index in [4.69, 9.17) is 14.7 Å². The number of rotatable bonds is 5. The summed E-state index contributed by atoms with van der Waals surface area (Å²) in [5.74, 6) is 2.36. The lowest BCUT2D eigenvalue weighted by Gasteiger charge is -2.28. The number of anilines is 2. The van der Waals surface area contributed by atoms with Gasteiger partial charge in [0.1, 0.15) is 0 Å². The van der Waals surface area contributed by atoms with E-state index in [9.17, 15) is 0 Å². The van der Waals surface area contributed by atoms with Crippen LogP contribution in [0.3, 0.4) is 0 Å². The lowest BCUT2D eigenvalue weighted by Crippen LogP contribution is -2.42. The second kappa shape index (κ2) is 9.22. The number of hydrogen-bond acceptors (Lipinski definition) is 10. The predicted molar refractivity (Wildman–Crippen MR) is 129 cm³/mol. The maximum absolute atomic E-state index is 5.59. The van der Waals surface area contributed by atoms with Crippen LogP contribution in [0, 0.1) is 6.92 Å². The van der Waals surface area contributed by atoms with Crippen LogP contribution in [0.1, 0.15) is 10.4 Å². The molecule has 170 valence electrons. The zero-order chi connectivity index (χ0) is 22.1. The summed E-state index contributed by atoms with van der Waals surface area (Å²) in [6.07, 6.45) is 3.63. The third kappa shape index (κ3) is 4.27. The number of piperazine rings is 1. The predicted octanol–water partition coefficient (Wildman–Crippen LogP) is 1.76. The standard InChI is InChI=1S/C22H30N8OS/c1-15-17(14-29-6-4-23-5-7-29)32-19-18(15)26-20(16-12-24-22(25-13-16)28(2)3)27-21(19)30-8-10-31-11-9-30/h12-13,23H,4-11,14H2,1-3H3. The Morgan fingerprint density at radius 2 is 1.78 bits per heavy atom. The second-order valence-electron chi connectivity index (χ2n) is 8.49. The van der Waals surface area contributed by atoms with Crippen LogP contribution in [0.4, 0.5) is 11.8 Å². The molecule has 3 aromatic heterocycles. The molecular formula is C22H30N8OS. The topological polar surface area (TPSA) is 82.5 Å². The molecule has 0 radical (unpaired) electrons. The van der Waals surface area contributed by atoms with Crippen molar-refractivity contribution in [1.29, 1.82) is 0 Å². The van der Waals surface area contributed by atoms with Gasteiger partial charge in [0.15, 0.2) is 11.6 Å². The van der Waals surface area contributed by atoms with E-state index in [1.54, 1.807) is 0 Å². The first-order valence-electron chi connectivity index (χ1n) is 11.2. The summed E-state index contributed by atoms with van der Waals surface area (Å²) < 4.78 is 6.76. The first-order valence-corrected chi connectivity index (χ1v) is 12.0. The zero-order valence-corrected chi connectivity index (χ0v) is 19.8. The monoisotopic (exact) mass is 454 g/mol. The molecule has 3 aromatic rings. The number of thiophene rings is 1. The molecule has 5 heterocycles. The van der Waals surface area contributed by atoms with Gasteiger partial charge in [0.25, 0.3) is 0 Å². The van der Waals surface area contributed by atoms with Gasteiger partial charge >= 0.3 is 0 Å². The number of nitrogens with zero attached hydrogens (tertiary/aromatic N) is 7. The zero-order valence-electron chi connectivity index (χ0n) is 19.0. The van der Waals surface area contributed by atoms with E-state index in [-0.39, 0.29) is 0 Å². The molecule has 9 nitrogen and oxygen atoms in total. The molecule has 2 saturated heterocycles. The van der Waals surface area contributed by atoms with E-state index in [1.165, 1.54) is 15.1 Å². The van der Waals surface area contributed by atoms with Crippen LogP contribution in [0.5, 0.6) is 0 Å². The Kier molecular flexibility index (Phi) is 6.18. The summed E-state index contributed by atoms with van der Waals surface area (Å²) in [5.41, 5.74) is 3.14. The number of morpholine rings is 1. The van der Waals surface area contributed by atoms with E-state index < -0.39 is 0 Å². The van der Waals surface area contributed by atoms with Gasteiger partial charge in [-0.15, -0.1) is 11.3 Å². The van der Waals surface area contributed by atoms with Gasteiger partial charge in [-0.2, -0.15) is 0 Å². The summed E-state index contributed by atoms with van der Waals surface area (Å²) in [4.78, 5) is 27.1. The van der Waals surface area contributed by atoms with Crippen molar-refractivity contribution < 1.29 is 4.74 Å². The first-order chi connectivity index (χ1) is 15.6. The molecule has 32 heavy (non-hydrogen) atoms. The third-order valence-corrected chi connectivity index (χ3v) is 7.29. The Morgan fingerprint density at radius 1 is 1.06 bits per heavy atom. The summed E-state index contributed by atoms with van der Waals surface area (Å²) in [7, 11) is 3.87. The molecule has 1 N–H and O–H groups in total. The van der Waals surface area contributed by atoms with Gasteiger partial charge in [0, 0.05) is 77.2 Å². The van der Waals surface area contributed by atoms with Crippen LogP contribution in [-0.4, -0.2) is 91.4 Å². The van der Waals surface area contributed by atoms with Gasteiger partial charge in [0.05, 0.1) is 29.0 Å². The highest BCUT2D eigenvalue weighted by Crippen LogP contribution is 2.38. The van der Waals surface area contributed by atoms with Crippen molar-refractivity contribution >= 4 is 33.3 Å². The van der Waals surface area contributed by atoms with E-state index >= 15 is 0 Å². The van der Waals surface area contributed by atoms with Crippen LogP contribution in [0.25, 0.3) is 21.6 Å². The van der Waals surface area contributed by atoms with Gasteiger partial charge in [-0.3, -0.25) is 4.90 Å². The SMILES string of the molecule is Cc1c(CN2CCNCC2)sc2c(N3CCOCC3)nc(-c3cnc(N(C)C)nc3)nc12. The number of hydrogen-bond donors (Lipinski definition) is 1. The Hall–Kier alpha value is -2.40. The van der Waals surface area contributed by atoms with Gasteiger partial charge in [0.2, 0.25) is 5.95 Å². The highest BCUT2D eigenvalue weighted by Gasteiger charge is 2.23. The highest BCUT2D eigenvalue weighted by atomic mass is 32.1. The van der Waals surface area contributed by atoms with Gasteiger partial charge < -0.3 is 19.9 Å². The smallest absolute Gasteiger partial charge is 0.224 e. The second-order valence-corrected chi connectivity index (χ2v) is 9.60. The van der Waals surface area contributed by atoms with Crippen molar-refractivity contribution in [1.82, 2.24) is 30.2 Å². The first kappa shape index (κ1) is 21.4. The lowest BCUT2D eigenvalue weighted by molar-refractivity contribution is 0.122. The molecule has 0 aliphatic carbocycles. The summed E-state index contributed by atoms with van der Waals surface area (Å²) in [6.45, 7) is 10.5. The number of aromatic nitrogens is 4. The third-order valence-electron chi connectivity index (χ3n) is 6.03. The van der Waals surface area contributed by atoms with E-state index in [0.717, 1.165) is 75.9 Å². The summed E-state index contributed by atoms with van der Waals surface area (Å²) in [6, 6.07) is 0. The summed E-state index contributed by atoms with van der Waals surface area (Å²) >= 11 is 1.84. The van der Waals surface area contributed by atoms with E-state index in [1.807, 2.05) is 42.7 Å². The Bertz CT molecular complexity index is 1070. The van der Waals surface area contributed by atoms with Crippen molar-refractivity contribution in [2.45, 2.75) is 13.5 Å². The van der Waals surface area contributed by atoms with Gasteiger partial charge in [-0.1, -0.05) is 0 Å². The minimum Gasteiger partial charge on any atom is -0.378 e. The molecule has 2 aliphatic rings. The number of nitrogens with one attached hydrogen (secondary N) is 1. The van der Waals surface area contributed by atoms with Crippen LogP contribution in [-0.2, 0) is 11.3 Å². The molecule has 0 saturated carbocycles. The molecule has 2 fully saturated rings. The summed E-state index contributed by atoms with van der Waals surface area (Å²) in [5, 5.41) is 3.44. The molecule has 0 bridgehead atoms. The Balaban J connectivity index is 1.57. The quantitative estimate of drug-likeness (QED) is 0.620. The van der Waals surface area contributed by atoms with Gasteiger partial charge in [-0.05, 0) is 12.5 Å². The van der Waals surface area contributed by atoms with Crippen molar-refractivity contribution in [2.75, 3.05) is 76.4 Å². The maximum Gasteiger partial charge on any atom is 0.224 e. The molecule has 0 spiro atoms. The normalized spacial score (nSPS) is 17.8. The largest absolute Gasteiger partial charge is 0.378 e. The van der Waals surface area contributed by atoms with E-state index in [2.05, 4.69) is 32.0 Å².